The highest BCUT2D eigenvalue weighted by atomic mass is 19.4. The zero-order valence-corrected chi connectivity index (χ0v) is 11.8. The maximum Gasteiger partial charge on any atom is 0.433 e. The summed E-state index contributed by atoms with van der Waals surface area (Å²) in [5, 5.41) is 3.43. The summed E-state index contributed by atoms with van der Waals surface area (Å²) in [6.45, 7) is 2.28. The molecule has 0 spiro atoms. The van der Waals surface area contributed by atoms with E-state index in [4.69, 9.17) is 9.47 Å². The van der Waals surface area contributed by atoms with Crippen molar-refractivity contribution in [1.82, 2.24) is 4.98 Å². The third-order valence-corrected chi connectivity index (χ3v) is 2.97. The van der Waals surface area contributed by atoms with Crippen LogP contribution in [0.3, 0.4) is 0 Å². The van der Waals surface area contributed by atoms with E-state index in [1.54, 1.807) is 13.0 Å². The molecule has 0 aliphatic carbocycles. The number of hydrogen-bond donors (Lipinski definition) is 1. The number of anilines is 1. The minimum Gasteiger partial charge on any atom is -0.497 e. The smallest absolute Gasteiger partial charge is 0.433 e. The van der Waals surface area contributed by atoms with E-state index in [2.05, 4.69) is 10.3 Å². The number of aromatic nitrogens is 1. The van der Waals surface area contributed by atoms with Crippen molar-refractivity contribution >= 4 is 16.6 Å². The third-order valence-electron chi connectivity index (χ3n) is 2.97. The molecule has 0 aliphatic heterocycles. The summed E-state index contributed by atoms with van der Waals surface area (Å²) < 4.78 is 49.2. The average molecular weight is 300 g/mol. The minimum absolute atomic E-state index is 0.143. The van der Waals surface area contributed by atoms with Crippen molar-refractivity contribution in [3.05, 3.63) is 23.9 Å². The van der Waals surface area contributed by atoms with E-state index in [-0.39, 0.29) is 11.3 Å². The number of fused-ring (bicyclic) bond motifs is 1. The van der Waals surface area contributed by atoms with Crippen LogP contribution in [-0.4, -0.2) is 25.7 Å². The van der Waals surface area contributed by atoms with Gasteiger partial charge >= 0.3 is 6.18 Å². The van der Waals surface area contributed by atoms with Crippen molar-refractivity contribution < 1.29 is 22.6 Å². The molecule has 0 saturated heterocycles. The second kappa shape index (κ2) is 5.67. The Hall–Kier alpha value is -2.18. The van der Waals surface area contributed by atoms with Crippen molar-refractivity contribution in [2.45, 2.75) is 13.1 Å². The molecule has 2 aromatic rings. The lowest BCUT2D eigenvalue weighted by atomic mass is 10.1. The Labute approximate surface area is 119 Å². The first-order valence-corrected chi connectivity index (χ1v) is 6.28. The van der Waals surface area contributed by atoms with Gasteiger partial charge in [-0.1, -0.05) is 0 Å². The Morgan fingerprint density at radius 1 is 1.14 bits per heavy atom. The van der Waals surface area contributed by atoms with E-state index in [9.17, 15) is 13.2 Å². The number of nitrogens with zero attached hydrogens (tertiary/aromatic N) is 1. The first kappa shape index (κ1) is 15.2. The van der Waals surface area contributed by atoms with Gasteiger partial charge in [-0.05, 0) is 19.1 Å². The molecule has 0 amide bonds. The van der Waals surface area contributed by atoms with E-state index in [0.717, 1.165) is 6.07 Å². The molecule has 21 heavy (non-hydrogen) atoms. The number of nitrogens with one attached hydrogen (secondary N) is 1. The van der Waals surface area contributed by atoms with Crippen LogP contribution in [0.15, 0.2) is 18.2 Å². The van der Waals surface area contributed by atoms with Crippen molar-refractivity contribution in [3.8, 4) is 11.5 Å². The van der Waals surface area contributed by atoms with Gasteiger partial charge in [0.05, 0.1) is 14.2 Å². The predicted molar refractivity (Wildman–Crippen MR) is 74.0 cm³/mol. The molecule has 1 aromatic heterocycles. The maximum atomic E-state index is 13.0. The van der Waals surface area contributed by atoms with Gasteiger partial charge in [-0.2, -0.15) is 13.2 Å². The molecule has 0 radical (unpaired) electrons. The van der Waals surface area contributed by atoms with E-state index in [0.29, 0.717) is 23.4 Å². The van der Waals surface area contributed by atoms with E-state index < -0.39 is 11.9 Å². The van der Waals surface area contributed by atoms with Gasteiger partial charge in [0.2, 0.25) is 0 Å². The van der Waals surface area contributed by atoms with E-state index >= 15 is 0 Å². The third kappa shape index (κ3) is 2.96. The lowest BCUT2D eigenvalue weighted by Crippen LogP contribution is -2.10. The largest absolute Gasteiger partial charge is 0.497 e. The van der Waals surface area contributed by atoms with E-state index in [1.807, 2.05) is 0 Å². The van der Waals surface area contributed by atoms with Crippen LogP contribution in [0.2, 0.25) is 0 Å². The topological polar surface area (TPSA) is 43.4 Å². The average Bonchev–Trinajstić information content (AvgIpc) is 2.45. The zero-order chi connectivity index (χ0) is 15.6. The number of hydrogen-bond acceptors (Lipinski definition) is 4. The molecule has 1 heterocycles. The minimum atomic E-state index is -4.52. The summed E-state index contributed by atoms with van der Waals surface area (Å²) >= 11 is 0. The Kier molecular flexibility index (Phi) is 4.11. The molecule has 2 rings (SSSR count). The van der Waals surface area contributed by atoms with Gasteiger partial charge in [0, 0.05) is 23.7 Å². The fraction of sp³-hybridized carbons (Fsp3) is 0.357. The zero-order valence-electron chi connectivity index (χ0n) is 11.8. The molecule has 4 nitrogen and oxygen atoms in total. The number of benzene rings is 1. The fourth-order valence-electron chi connectivity index (χ4n) is 2.03. The Morgan fingerprint density at radius 2 is 1.86 bits per heavy atom. The maximum absolute atomic E-state index is 13.0. The van der Waals surface area contributed by atoms with Gasteiger partial charge < -0.3 is 14.8 Å². The van der Waals surface area contributed by atoms with E-state index in [1.165, 1.54) is 20.3 Å². The predicted octanol–water partition coefficient (Wildman–Crippen LogP) is 3.70. The molecule has 7 heteroatoms. The van der Waals surface area contributed by atoms with Crippen molar-refractivity contribution in [2.75, 3.05) is 26.1 Å². The summed E-state index contributed by atoms with van der Waals surface area (Å²) in [5.74, 6) is 0.717. The normalized spacial score (nSPS) is 11.5. The standard InChI is InChI=1S/C14H15F3N2O2/c1-4-18-10-7-12(14(15,16)17)19-13-9(10)5-8(20-2)6-11(13)21-3/h5-7H,4H2,1-3H3,(H,18,19). The van der Waals surface area contributed by atoms with Crippen LogP contribution in [-0.2, 0) is 6.18 Å². The van der Waals surface area contributed by atoms with Crippen LogP contribution in [0.25, 0.3) is 10.9 Å². The lowest BCUT2D eigenvalue weighted by Gasteiger charge is -2.15. The van der Waals surface area contributed by atoms with Crippen LogP contribution in [0.1, 0.15) is 12.6 Å². The highest BCUT2D eigenvalue weighted by Crippen LogP contribution is 2.38. The molecule has 0 atom stereocenters. The SMILES string of the molecule is CCNc1cc(C(F)(F)F)nc2c(OC)cc(OC)cc12. The Balaban J connectivity index is 2.81. The second-order valence-electron chi connectivity index (χ2n) is 4.31. The number of ether oxygens (including phenoxy) is 2. The highest BCUT2D eigenvalue weighted by molar-refractivity contribution is 5.96. The molecule has 114 valence electrons. The molecular weight excluding hydrogens is 285 g/mol. The first-order chi connectivity index (χ1) is 9.90. The molecule has 0 saturated carbocycles. The van der Waals surface area contributed by atoms with Crippen molar-refractivity contribution in [1.29, 1.82) is 0 Å². The van der Waals surface area contributed by atoms with Gasteiger partial charge in [-0.3, -0.25) is 0 Å². The van der Waals surface area contributed by atoms with Gasteiger partial charge in [-0.25, -0.2) is 4.98 Å². The number of halogens is 3. The summed E-state index contributed by atoms with van der Waals surface area (Å²) in [6.07, 6.45) is -4.52. The molecule has 0 fully saturated rings. The van der Waals surface area contributed by atoms with Crippen LogP contribution in [0.4, 0.5) is 18.9 Å². The lowest BCUT2D eigenvalue weighted by molar-refractivity contribution is -0.140. The molecule has 0 bridgehead atoms. The summed E-state index contributed by atoms with van der Waals surface area (Å²) in [6, 6.07) is 4.12. The van der Waals surface area contributed by atoms with Crippen LogP contribution < -0.4 is 14.8 Å². The number of methoxy groups -OCH3 is 2. The Bertz CT molecular complexity index is 657. The monoisotopic (exact) mass is 300 g/mol. The van der Waals surface area contributed by atoms with Crippen molar-refractivity contribution in [2.24, 2.45) is 0 Å². The van der Waals surface area contributed by atoms with Crippen molar-refractivity contribution in [3.63, 3.8) is 0 Å². The van der Waals surface area contributed by atoms with Crippen LogP contribution in [0.5, 0.6) is 11.5 Å². The molecule has 1 aromatic carbocycles. The van der Waals surface area contributed by atoms with Crippen LogP contribution in [0, 0.1) is 0 Å². The number of alkyl halides is 3. The number of rotatable bonds is 4. The second-order valence-corrected chi connectivity index (χ2v) is 4.31. The number of pyridine rings is 1. The van der Waals surface area contributed by atoms with Crippen LogP contribution >= 0.6 is 0 Å². The van der Waals surface area contributed by atoms with Gasteiger partial charge in [-0.15, -0.1) is 0 Å². The summed E-state index contributed by atoms with van der Waals surface area (Å²) in [4.78, 5) is 3.69. The molecular formula is C14H15F3N2O2. The Morgan fingerprint density at radius 3 is 2.38 bits per heavy atom. The first-order valence-electron chi connectivity index (χ1n) is 6.28. The molecule has 0 unspecified atom stereocenters. The summed E-state index contributed by atoms with van der Waals surface area (Å²) in [5.41, 5.74) is -0.481. The van der Waals surface area contributed by atoms with Gasteiger partial charge in [0.1, 0.15) is 22.7 Å². The summed E-state index contributed by atoms with van der Waals surface area (Å²) in [7, 11) is 2.86. The quantitative estimate of drug-likeness (QED) is 0.935. The highest BCUT2D eigenvalue weighted by Gasteiger charge is 2.34. The molecule has 1 N–H and O–H groups in total. The molecule has 0 aliphatic rings. The van der Waals surface area contributed by atoms with Gasteiger partial charge in [0.25, 0.3) is 0 Å². The van der Waals surface area contributed by atoms with Gasteiger partial charge in [0.15, 0.2) is 0 Å². The fourth-order valence-corrected chi connectivity index (χ4v) is 2.03.